The van der Waals surface area contributed by atoms with Gasteiger partial charge in [0.05, 0.1) is 0 Å². The van der Waals surface area contributed by atoms with E-state index >= 15 is 0 Å². The molecule has 0 saturated heterocycles. The summed E-state index contributed by atoms with van der Waals surface area (Å²) in [5.41, 5.74) is -4.42. The third kappa shape index (κ3) is 1.69. The van der Waals surface area contributed by atoms with Gasteiger partial charge in [0.25, 0.3) is 0 Å². The number of alkyl halides is 3. The Morgan fingerprint density at radius 1 is 1.30 bits per heavy atom. The summed E-state index contributed by atoms with van der Waals surface area (Å²) in [5, 5.41) is 0. The van der Waals surface area contributed by atoms with Crippen LogP contribution < -0.4 is 0 Å². The third-order valence-electron chi connectivity index (χ3n) is 0.947. The molecule has 0 amide bonds. The van der Waals surface area contributed by atoms with Crippen molar-refractivity contribution in [3.63, 3.8) is 0 Å². The molecule has 0 aromatic carbocycles. The molecule has 0 fully saturated rings. The van der Waals surface area contributed by atoms with E-state index in [0.29, 0.717) is 6.92 Å². The van der Waals surface area contributed by atoms with Gasteiger partial charge in [0, 0.05) is 0 Å². The second-order valence-corrected chi connectivity index (χ2v) is 3.81. The van der Waals surface area contributed by atoms with Crippen LogP contribution in [0, 0.1) is 0 Å². The quantitative estimate of drug-likeness (QED) is 0.494. The minimum Gasteiger partial charge on any atom is -0.386 e. The van der Waals surface area contributed by atoms with E-state index in [9.17, 15) is 13.2 Å². The van der Waals surface area contributed by atoms with Crippen molar-refractivity contribution in [2.45, 2.75) is 18.6 Å². The lowest BCUT2D eigenvalue weighted by atomic mass is 10.5. The molecular formula is C3H7F3O3Si. The van der Waals surface area contributed by atoms with Crippen LogP contribution in [0.3, 0.4) is 0 Å². The summed E-state index contributed by atoms with van der Waals surface area (Å²) >= 11 is 0. The monoisotopic (exact) mass is 176 g/mol. The van der Waals surface area contributed by atoms with Crippen LogP contribution in [0.2, 0.25) is 0 Å². The molecule has 7 heteroatoms. The van der Waals surface area contributed by atoms with Crippen molar-refractivity contribution >= 4 is 8.80 Å². The topological polar surface area (TPSA) is 60.7 Å². The molecule has 10 heavy (non-hydrogen) atoms. The second kappa shape index (κ2) is 2.49. The van der Waals surface area contributed by atoms with Gasteiger partial charge < -0.3 is 14.4 Å². The molecule has 0 bridgehead atoms. The largest absolute Gasteiger partial charge is 0.569 e. The molecule has 0 saturated carbocycles. The van der Waals surface area contributed by atoms with Crippen molar-refractivity contribution in [3.05, 3.63) is 0 Å². The first kappa shape index (κ1) is 9.89. The molecular weight excluding hydrogens is 169 g/mol. The molecule has 0 aromatic heterocycles. The molecule has 0 rings (SSSR count). The summed E-state index contributed by atoms with van der Waals surface area (Å²) in [6.07, 6.45) is -2.76. The zero-order valence-corrected chi connectivity index (χ0v) is 6.05. The molecule has 0 radical (unpaired) electrons. The number of hydrogen-bond acceptors (Lipinski definition) is 3. The van der Waals surface area contributed by atoms with E-state index in [1.165, 1.54) is 0 Å². The SMILES string of the molecule is CC(F)C(F)(F)[Si](O)(O)O. The van der Waals surface area contributed by atoms with Crippen molar-refractivity contribution in [1.29, 1.82) is 0 Å². The molecule has 62 valence electrons. The molecule has 0 aliphatic heterocycles. The Kier molecular flexibility index (Phi) is 2.47. The van der Waals surface area contributed by atoms with Gasteiger partial charge in [0.15, 0.2) is 6.17 Å². The molecule has 0 aromatic rings. The van der Waals surface area contributed by atoms with E-state index < -0.39 is 20.5 Å². The third-order valence-corrected chi connectivity index (χ3v) is 2.24. The van der Waals surface area contributed by atoms with E-state index in [2.05, 4.69) is 0 Å². The zero-order valence-electron chi connectivity index (χ0n) is 5.05. The van der Waals surface area contributed by atoms with Gasteiger partial charge in [-0.15, -0.1) is 0 Å². The van der Waals surface area contributed by atoms with Crippen LogP contribution in [-0.2, 0) is 0 Å². The maximum Gasteiger partial charge on any atom is 0.569 e. The second-order valence-electron chi connectivity index (χ2n) is 1.87. The average molecular weight is 176 g/mol. The summed E-state index contributed by atoms with van der Waals surface area (Å²) < 4.78 is 35.8. The standard InChI is InChI=1S/C3H7F3O3Si/c1-2(4)3(5,6)10(7,8)9/h2,7-9H,1H3. The lowest BCUT2D eigenvalue weighted by Crippen LogP contribution is -2.58. The lowest BCUT2D eigenvalue weighted by molar-refractivity contribution is -0.0547. The maximum atomic E-state index is 12.0. The predicted molar refractivity (Wildman–Crippen MR) is 27.9 cm³/mol. The minimum atomic E-state index is -5.66. The van der Waals surface area contributed by atoms with E-state index in [1.807, 2.05) is 0 Å². The van der Waals surface area contributed by atoms with Crippen molar-refractivity contribution in [2.75, 3.05) is 0 Å². The molecule has 0 aliphatic carbocycles. The van der Waals surface area contributed by atoms with Crippen LogP contribution in [0.25, 0.3) is 0 Å². The fourth-order valence-corrected chi connectivity index (χ4v) is 0.801. The fraction of sp³-hybridized carbons (Fsp3) is 1.00. The highest BCUT2D eigenvalue weighted by molar-refractivity contribution is 6.59. The molecule has 3 nitrogen and oxygen atoms in total. The Bertz CT molecular complexity index is 121. The first-order valence-electron chi connectivity index (χ1n) is 2.38. The normalized spacial score (nSPS) is 17.1. The van der Waals surface area contributed by atoms with Crippen molar-refractivity contribution in [3.8, 4) is 0 Å². The van der Waals surface area contributed by atoms with Crippen molar-refractivity contribution < 1.29 is 27.6 Å². The molecule has 0 spiro atoms. The van der Waals surface area contributed by atoms with E-state index in [0.717, 1.165) is 0 Å². The molecule has 1 unspecified atom stereocenters. The smallest absolute Gasteiger partial charge is 0.386 e. The van der Waals surface area contributed by atoms with Crippen LogP contribution >= 0.6 is 0 Å². The van der Waals surface area contributed by atoms with Gasteiger partial charge >= 0.3 is 14.4 Å². The highest BCUT2D eigenvalue weighted by Gasteiger charge is 2.61. The maximum absolute atomic E-state index is 12.0. The van der Waals surface area contributed by atoms with Crippen LogP contribution in [-0.4, -0.2) is 34.9 Å². The summed E-state index contributed by atoms with van der Waals surface area (Å²) in [7, 11) is -5.66. The Labute approximate surface area is 56.1 Å². The van der Waals surface area contributed by atoms with Crippen LogP contribution in [0.1, 0.15) is 6.92 Å². The Hall–Kier alpha value is -0.113. The molecule has 0 aliphatic rings. The summed E-state index contributed by atoms with van der Waals surface area (Å²) in [4.78, 5) is 23.9. The van der Waals surface area contributed by atoms with E-state index in [4.69, 9.17) is 14.4 Å². The summed E-state index contributed by atoms with van der Waals surface area (Å²) in [6, 6.07) is 0. The summed E-state index contributed by atoms with van der Waals surface area (Å²) in [6.45, 7) is 0.435. The van der Waals surface area contributed by atoms with Crippen LogP contribution in [0.5, 0.6) is 0 Å². The predicted octanol–water partition coefficient (Wildman–Crippen LogP) is -0.565. The fourth-order valence-electron chi connectivity index (χ4n) is 0.267. The van der Waals surface area contributed by atoms with Gasteiger partial charge in [-0.3, -0.25) is 0 Å². The Morgan fingerprint density at radius 2 is 1.60 bits per heavy atom. The van der Waals surface area contributed by atoms with E-state index in [1.54, 1.807) is 0 Å². The number of hydrogen-bond donors (Lipinski definition) is 3. The van der Waals surface area contributed by atoms with Gasteiger partial charge in [-0.2, -0.15) is 8.78 Å². The zero-order chi connectivity index (χ0) is 8.58. The average Bonchev–Trinajstić information content (AvgIpc) is 1.62. The minimum absolute atomic E-state index is 0.435. The summed E-state index contributed by atoms with van der Waals surface area (Å²) in [5.74, 6) is 0. The van der Waals surface area contributed by atoms with Crippen LogP contribution in [0.15, 0.2) is 0 Å². The van der Waals surface area contributed by atoms with Crippen LogP contribution in [0.4, 0.5) is 13.2 Å². The van der Waals surface area contributed by atoms with E-state index in [-0.39, 0.29) is 0 Å². The van der Waals surface area contributed by atoms with Gasteiger partial charge in [0.1, 0.15) is 0 Å². The Balaban J connectivity index is 4.40. The highest BCUT2D eigenvalue weighted by atomic mass is 28.4. The van der Waals surface area contributed by atoms with Gasteiger partial charge in [0.2, 0.25) is 0 Å². The lowest BCUT2D eigenvalue weighted by Gasteiger charge is -2.22. The molecule has 3 N–H and O–H groups in total. The van der Waals surface area contributed by atoms with Gasteiger partial charge in [-0.1, -0.05) is 0 Å². The van der Waals surface area contributed by atoms with Crippen molar-refractivity contribution in [2.24, 2.45) is 0 Å². The van der Waals surface area contributed by atoms with Gasteiger partial charge in [-0.25, -0.2) is 4.39 Å². The first-order chi connectivity index (χ1) is 4.19. The van der Waals surface area contributed by atoms with Crippen molar-refractivity contribution in [1.82, 2.24) is 0 Å². The first-order valence-corrected chi connectivity index (χ1v) is 4.22. The molecule has 1 atom stereocenters. The number of halogens is 3. The Morgan fingerprint density at radius 3 is 1.60 bits per heavy atom. The number of rotatable bonds is 2. The molecule has 0 heterocycles. The van der Waals surface area contributed by atoms with Gasteiger partial charge in [-0.05, 0) is 6.92 Å². The highest BCUT2D eigenvalue weighted by Crippen LogP contribution is 2.26.